The Labute approximate surface area is 119 Å². The van der Waals surface area contributed by atoms with Gasteiger partial charge in [-0.2, -0.15) is 0 Å². The quantitative estimate of drug-likeness (QED) is 0.879. The molecule has 2 aromatic rings. The molecule has 0 unspecified atom stereocenters. The fourth-order valence-corrected chi connectivity index (χ4v) is 1.88. The van der Waals surface area contributed by atoms with Crippen molar-refractivity contribution in [1.29, 1.82) is 0 Å². The number of anilines is 2. The molecule has 0 radical (unpaired) electrons. The minimum Gasteiger partial charge on any atom is -0.378 e. The van der Waals surface area contributed by atoms with Gasteiger partial charge in [0.05, 0.1) is 6.54 Å². The lowest BCUT2D eigenvalue weighted by atomic mass is 10.1. The molecule has 1 heterocycles. The molecule has 1 aromatic heterocycles. The van der Waals surface area contributed by atoms with Crippen molar-refractivity contribution in [1.82, 2.24) is 9.55 Å². The van der Waals surface area contributed by atoms with Gasteiger partial charge in [0.15, 0.2) is 0 Å². The van der Waals surface area contributed by atoms with Crippen LogP contribution >= 0.6 is 0 Å². The van der Waals surface area contributed by atoms with Crippen molar-refractivity contribution in [3.63, 3.8) is 0 Å². The zero-order valence-electron chi connectivity index (χ0n) is 12.1. The lowest BCUT2D eigenvalue weighted by molar-refractivity contribution is -0.115. The van der Waals surface area contributed by atoms with Gasteiger partial charge in [-0.05, 0) is 24.6 Å². The Kier molecular flexibility index (Phi) is 4.40. The Balaban J connectivity index is 2.08. The normalized spacial score (nSPS) is 10.3. The van der Waals surface area contributed by atoms with E-state index in [2.05, 4.69) is 15.6 Å². The lowest BCUT2D eigenvalue weighted by Gasteiger charge is -2.12. The van der Waals surface area contributed by atoms with Crippen LogP contribution in [0.15, 0.2) is 30.6 Å². The maximum Gasteiger partial charge on any atom is 0.224 e. The third-order valence-corrected chi connectivity index (χ3v) is 3.20. The van der Waals surface area contributed by atoms with Crippen molar-refractivity contribution in [2.45, 2.75) is 26.8 Å². The number of imidazole rings is 1. The Morgan fingerprint density at radius 1 is 1.40 bits per heavy atom. The number of aromatic nitrogens is 2. The van der Waals surface area contributed by atoms with Crippen LogP contribution in [0.5, 0.6) is 0 Å². The summed E-state index contributed by atoms with van der Waals surface area (Å²) in [6, 6.07) is 5.85. The van der Waals surface area contributed by atoms with Gasteiger partial charge in [0.1, 0.15) is 5.82 Å². The number of benzene rings is 1. The summed E-state index contributed by atoms with van der Waals surface area (Å²) in [6.07, 6.45) is 4.17. The molecule has 1 aromatic carbocycles. The molecule has 0 bridgehead atoms. The van der Waals surface area contributed by atoms with Gasteiger partial charge in [0.25, 0.3) is 0 Å². The Bertz CT molecular complexity index is 604. The number of nitrogens with one attached hydrogen (secondary N) is 2. The highest BCUT2D eigenvalue weighted by Gasteiger charge is 2.04. The average molecular weight is 272 g/mol. The summed E-state index contributed by atoms with van der Waals surface area (Å²) in [6.45, 7) is 4.52. The SMILES string of the molecule is CCC(=O)Nc1ccc(C)c(NCc2nccn2C)c1. The highest BCUT2D eigenvalue weighted by Crippen LogP contribution is 2.21. The van der Waals surface area contributed by atoms with Crippen LogP contribution in [-0.2, 0) is 18.4 Å². The van der Waals surface area contributed by atoms with Crippen LogP contribution in [0.2, 0.25) is 0 Å². The molecule has 5 nitrogen and oxygen atoms in total. The average Bonchev–Trinajstić information content (AvgIpc) is 2.84. The van der Waals surface area contributed by atoms with E-state index in [0.29, 0.717) is 13.0 Å². The molecule has 5 heteroatoms. The first-order chi connectivity index (χ1) is 9.60. The highest BCUT2D eigenvalue weighted by atomic mass is 16.1. The summed E-state index contributed by atoms with van der Waals surface area (Å²) in [5, 5.41) is 6.22. The van der Waals surface area contributed by atoms with Crippen LogP contribution in [-0.4, -0.2) is 15.5 Å². The Hall–Kier alpha value is -2.30. The molecule has 106 valence electrons. The van der Waals surface area contributed by atoms with E-state index >= 15 is 0 Å². The zero-order valence-corrected chi connectivity index (χ0v) is 12.1. The second-order valence-electron chi connectivity index (χ2n) is 4.74. The molecule has 0 atom stereocenters. The third kappa shape index (κ3) is 3.38. The first-order valence-electron chi connectivity index (χ1n) is 6.70. The predicted octanol–water partition coefficient (Wildman–Crippen LogP) is 2.69. The predicted molar refractivity (Wildman–Crippen MR) is 80.6 cm³/mol. The van der Waals surface area contributed by atoms with Crippen molar-refractivity contribution in [2.24, 2.45) is 7.05 Å². The van der Waals surface area contributed by atoms with E-state index in [-0.39, 0.29) is 5.91 Å². The topological polar surface area (TPSA) is 59.0 Å². The second-order valence-corrected chi connectivity index (χ2v) is 4.74. The molecule has 2 rings (SSSR count). The van der Waals surface area contributed by atoms with Crippen molar-refractivity contribution in [3.05, 3.63) is 42.0 Å². The molecule has 0 fully saturated rings. The molecular weight excluding hydrogens is 252 g/mol. The summed E-state index contributed by atoms with van der Waals surface area (Å²) in [4.78, 5) is 15.7. The molecule has 0 saturated heterocycles. The minimum atomic E-state index is 0.0175. The van der Waals surface area contributed by atoms with E-state index in [9.17, 15) is 4.79 Å². The van der Waals surface area contributed by atoms with Gasteiger partial charge in [0, 0.05) is 37.2 Å². The van der Waals surface area contributed by atoms with Crippen LogP contribution in [0.25, 0.3) is 0 Å². The van der Waals surface area contributed by atoms with E-state index in [1.165, 1.54) is 0 Å². The van der Waals surface area contributed by atoms with Crippen molar-refractivity contribution >= 4 is 17.3 Å². The molecule has 0 spiro atoms. The van der Waals surface area contributed by atoms with E-state index in [0.717, 1.165) is 22.8 Å². The molecule has 0 aliphatic carbocycles. The molecule has 1 amide bonds. The number of hydrogen-bond donors (Lipinski definition) is 2. The van der Waals surface area contributed by atoms with Crippen molar-refractivity contribution in [3.8, 4) is 0 Å². The third-order valence-electron chi connectivity index (χ3n) is 3.20. The number of carbonyl (C=O) groups excluding carboxylic acids is 1. The van der Waals surface area contributed by atoms with E-state index in [1.54, 1.807) is 6.20 Å². The van der Waals surface area contributed by atoms with Gasteiger partial charge in [-0.1, -0.05) is 13.0 Å². The standard InChI is InChI=1S/C15H20N4O/c1-4-15(20)18-12-6-5-11(2)13(9-12)17-10-14-16-7-8-19(14)3/h5-9,17H,4,10H2,1-3H3,(H,18,20). The lowest BCUT2D eigenvalue weighted by Crippen LogP contribution is -2.10. The van der Waals surface area contributed by atoms with E-state index in [4.69, 9.17) is 0 Å². The van der Waals surface area contributed by atoms with Gasteiger partial charge in [-0.3, -0.25) is 4.79 Å². The summed E-state index contributed by atoms with van der Waals surface area (Å²) in [5.41, 5.74) is 2.94. The summed E-state index contributed by atoms with van der Waals surface area (Å²) >= 11 is 0. The summed E-state index contributed by atoms with van der Waals surface area (Å²) < 4.78 is 1.98. The molecule has 2 N–H and O–H groups in total. The maximum absolute atomic E-state index is 11.4. The van der Waals surface area contributed by atoms with Crippen LogP contribution in [0.4, 0.5) is 11.4 Å². The number of hydrogen-bond acceptors (Lipinski definition) is 3. The van der Waals surface area contributed by atoms with Gasteiger partial charge >= 0.3 is 0 Å². The number of amides is 1. The van der Waals surface area contributed by atoms with Gasteiger partial charge in [-0.25, -0.2) is 4.98 Å². The van der Waals surface area contributed by atoms with Crippen LogP contribution in [0, 0.1) is 6.92 Å². The van der Waals surface area contributed by atoms with E-state index < -0.39 is 0 Å². The largest absolute Gasteiger partial charge is 0.378 e. The number of aryl methyl sites for hydroxylation is 2. The van der Waals surface area contributed by atoms with E-state index in [1.807, 2.05) is 49.9 Å². The van der Waals surface area contributed by atoms with Crippen LogP contribution in [0.3, 0.4) is 0 Å². The Morgan fingerprint density at radius 3 is 2.85 bits per heavy atom. The number of carbonyl (C=O) groups is 1. The van der Waals surface area contributed by atoms with Gasteiger partial charge in [-0.15, -0.1) is 0 Å². The summed E-state index contributed by atoms with van der Waals surface area (Å²) in [7, 11) is 1.97. The summed E-state index contributed by atoms with van der Waals surface area (Å²) in [5.74, 6) is 0.983. The zero-order chi connectivity index (χ0) is 14.5. The second kappa shape index (κ2) is 6.23. The Morgan fingerprint density at radius 2 is 2.20 bits per heavy atom. The fraction of sp³-hybridized carbons (Fsp3) is 0.333. The molecule has 0 saturated carbocycles. The molecule has 0 aliphatic heterocycles. The first-order valence-corrected chi connectivity index (χ1v) is 6.70. The first kappa shape index (κ1) is 14.1. The maximum atomic E-state index is 11.4. The molecule has 20 heavy (non-hydrogen) atoms. The fourth-order valence-electron chi connectivity index (χ4n) is 1.88. The van der Waals surface area contributed by atoms with Gasteiger partial charge < -0.3 is 15.2 Å². The van der Waals surface area contributed by atoms with Crippen molar-refractivity contribution in [2.75, 3.05) is 10.6 Å². The highest BCUT2D eigenvalue weighted by molar-refractivity contribution is 5.91. The monoisotopic (exact) mass is 272 g/mol. The smallest absolute Gasteiger partial charge is 0.224 e. The molecule has 0 aliphatic rings. The van der Waals surface area contributed by atoms with Crippen LogP contribution < -0.4 is 10.6 Å². The van der Waals surface area contributed by atoms with Crippen LogP contribution in [0.1, 0.15) is 24.7 Å². The number of nitrogens with zero attached hydrogens (tertiary/aromatic N) is 2. The number of rotatable bonds is 5. The minimum absolute atomic E-state index is 0.0175. The van der Waals surface area contributed by atoms with Crippen molar-refractivity contribution < 1.29 is 4.79 Å². The molecular formula is C15H20N4O. The van der Waals surface area contributed by atoms with Gasteiger partial charge in [0.2, 0.25) is 5.91 Å².